The van der Waals surface area contributed by atoms with Crippen LogP contribution in [0.25, 0.3) is 4.85 Å². The van der Waals surface area contributed by atoms with Crippen molar-refractivity contribution in [3.8, 4) is 0 Å². The molecule has 0 aliphatic heterocycles. The van der Waals surface area contributed by atoms with Crippen molar-refractivity contribution in [1.29, 1.82) is 0 Å². The predicted molar refractivity (Wildman–Crippen MR) is 67.5 cm³/mol. The lowest BCUT2D eigenvalue weighted by Gasteiger charge is -2.50. The zero-order valence-electron chi connectivity index (χ0n) is 11.2. The maximum absolute atomic E-state index is 9.74. The fourth-order valence-electron chi connectivity index (χ4n) is 2.07. The van der Waals surface area contributed by atoms with Crippen molar-refractivity contribution < 1.29 is 9.53 Å². The Balaban J connectivity index is 2.69. The lowest BCUT2D eigenvalue weighted by Crippen LogP contribution is -2.60. The molecule has 0 heterocycles. The average Bonchev–Trinajstić information content (AvgIpc) is 1.97. The fourth-order valence-corrected chi connectivity index (χ4v) is 3.75. The minimum Gasteiger partial charge on any atom is -0.411 e. The van der Waals surface area contributed by atoms with Gasteiger partial charge in [-0.1, -0.05) is 20.8 Å². The van der Waals surface area contributed by atoms with Crippen LogP contribution in [-0.4, -0.2) is 24.7 Å². The Morgan fingerprint density at radius 1 is 1.31 bits per heavy atom. The monoisotopic (exact) mass is 241 g/mol. The summed E-state index contributed by atoms with van der Waals surface area (Å²) < 4.78 is 6.26. The predicted octanol–water partition coefficient (Wildman–Crippen LogP) is 3.17. The van der Waals surface area contributed by atoms with Crippen LogP contribution in [0.4, 0.5) is 0 Å². The molecule has 1 fully saturated rings. The van der Waals surface area contributed by atoms with E-state index < -0.39 is 14.0 Å². The molecular formula is C12H23NO2Si. The van der Waals surface area contributed by atoms with Gasteiger partial charge in [-0.2, -0.15) is 0 Å². The van der Waals surface area contributed by atoms with Crippen LogP contribution < -0.4 is 0 Å². The van der Waals surface area contributed by atoms with Gasteiger partial charge in [-0.3, -0.25) is 4.85 Å². The summed E-state index contributed by atoms with van der Waals surface area (Å²) in [6.07, 6.45) is 0.881. The van der Waals surface area contributed by atoms with Gasteiger partial charge in [-0.25, -0.2) is 6.57 Å². The van der Waals surface area contributed by atoms with Crippen LogP contribution in [-0.2, 0) is 4.43 Å². The van der Waals surface area contributed by atoms with Crippen LogP contribution in [0.15, 0.2) is 0 Å². The van der Waals surface area contributed by atoms with Crippen LogP contribution in [0.5, 0.6) is 0 Å². The second-order valence-corrected chi connectivity index (χ2v) is 11.5. The van der Waals surface area contributed by atoms with Crippen LogP contribution >= 0.6 is 0 Å². The number of aliphatic hydroxyl groups is 1. The van der Waals surface area contributed by atoms with Crippen LogP contribution in [0.1, 0.15) is 40.5 Å². The molecule has 0 atom stereocenters. The van der Waals surface area contributed by atoms with Crippen LogP contribution in [0.3, 0.4) is 0 Å². The van der Waals surface area contributed by atoms with Gasteiger partial charge in [0.1, 0.15) is 0 Å². The second kappa shape index (κ2) is 3.56. The van der Waals surface area contributed by atoms with Gasteiger partial charge >= 0.3 is 5.72 Å². The van der Waals surface area contributed by atoms with Crippen molar-refractivity contribution in [2.45, 2.75) is 70.0 Å². The van der Waals surface area contributed by atoms with E-state index in [0.717, 1.165) is 0 Å². The zero-order valence-corrected chi connectivity index (χ0v) is 12.2. The van der Waals surface area contributed by atoms with Gasteiger partial charge in [0.05, 0.1) is 18.4 Å². The van der Waals surface area contributed by atoms with Crippen molar-refractivity contribution in [3.05, 3.63) is 11.4 Å². The molecule has 0 saturated heterocycles. The Morgan fingerprint density at radius 3 is 2.06 bits per heavy atom. The highest BCUT2D eigenvalue weighted by Gasteiger charge is 2.60. The van der Waals surface area contributed by atoms with E-state index in [9.17, 15) is 5.11 Å². The molecule has 0 spiro atoms. The summed E-state index contributed by atoms with van der Waals surface area (Å²) in [6.45, 7) is 19.9. The van der Waals surface area contributed by atoms with Gasteiger partial charge in [0.2, 0.25) is 0 Å². The van der Waals surface area contributed by atoms with Crippen molar-refractivity contribution >= 4 is 8.32 Å². The summed E-state index contributed by atoms with van der Waals surface area (Å²) >= 11 is 0. The van der Waals surface area contributed by atoms with Crippen molar-refractivity contribution in [2.24, 2.45) is 0 Å². The molecule has 16 heavy (non-hydrogen) atoms. The molecule has 0 amide bonds. The van der Waals surface area contributed by atoms with Gasteiger partial charge in [-0.05, 0) is 25.1 Å². The first-order chi connectivity index (χ1) is 6.93. The summed E-state index contributed by atoms with van der Waals surface area (Å²) in [5.74, 6) is 0. The van der Waals surface area contributed by atoms with Crippen molar-refractivity contribution in [1.82, 2.24) is 0 Å². The van der Waals surface area contributed by atoms with E-state index in [1.165, 1.54) is 0 Å². The number of hydrogen-bond donors (Lipinski definition) is 1. The Labute approximate surface area is 99.8 Å². The van der Waals surface area contributed by atoms with Crippen molar-refractivity contribution in [3.63, 3.8) is 0 Å². The van der Waals surface area contributed by atoms with Gasteiger partial charge in [0.15, 0.2) is 8.32 Å². The molecule has 0 radical (unpaired) electrons. The largest absolute Gasteiger partial charge is 0.411 e. The van der Waals surface area contributed by atoms with E-state index in [1.54, 1.807) is 0 Å². The first-order valence-corrected chi connectivity index (χ1v) is 8.65. The molecule has 1 aliphatic rings. The Morgan fingerprint density at radius 2 is 1.75 bits per heavy atom. The normalized spacial score (nSPS) is 35.4. The molecule has 0 aromatic carbocycles. The minimum atomic E-state index is -1.80. The third kappa shape index (κ3) is 2.48. The number of rotatable bonds is 2. The molecule has 4 heteroatoms. The summed E-state index contributed by atoms with van der Waals surface area (Å²) in [5.41, 5.74) is -1.47. The van der Waals surface area contributed by atoms with E-state index in [-0.39, 0.29) is 10.6 Å². The molecule has 92 valence electrons. The first-order valence-electron chi connectivity index (χ1n) is 5.74. The Bertz CT molecular complexity index is 319. The van der Waals surface area contributed by atoms with Gasteiger partial charge in [-0.15, -0.1) is 0 Å². The molecule has 1 N–H and O–H groups in total. The van der Waals surface area contributed by atoms with Gasteiger partial charge in [0.25, 0.3) is 0 Å². The van der Waals surface area contributed by atoms with Crippen molar-refractivity contribution in [2.75, 3.05) is 0 Å². The maximum atomic E-state index is 9.74. The smallest absolute Gasteiger partial charge is 0.340 e. The van der Waals surface area contributed by atoms with E-state index in [4.69, 9.17) is 11.0 Å². The quantitative estimate of drug-likeness (QED) is 0.595. The molecule has 3 nitrogen and oxygen atoms in total. The molecular weight excluding hydrogens is 218 g/mol. The molecule has 0 bridgehead atoms. The third-order valence-corrected chi connectivity index (χ3v) is 8.45. The average molecular weight is 241 g/mol. The Hall–Kier alpha value is -0.373. The first kappa shape index (κ1) is 13.7. The summed E-state index contributed by atoms with van der Waals surface area (Å²) in [6, 6.07) is 0. The maximum Gasteiger partial charge on any atom is 0.340 e. The molecule has 0 aromatic heterocycles. The lowest BCUT2D eigenvalue weighted by molar-refractivity contribution is -0.136. The highest BCUT2D eigenvalue weighted by molar-refractivity contribution is 6.74. The van der Waals surface area contributed by atoms with E-state index in [2.05, 4.69) is 38.7 Å². The standard InChI is InChI=1S/C12H23NO2Si/c1-10(2,3)16(6,7)15-11(4)8-12(14,9-11)13-5/h14H,8-9H2,1-4,6-7H3. The van der Waals surface area contributed by atoms with Crippen LogP contribution in [0.2, 0.25) is 18.1 Å². The highest BCUT2D eigenvalue weighted by atomic mass is 28.4. The summed E-state index contributed by atoms with van der Waals surface area (Å²) in [5, 5.41) is 9.90. The lowest BCUT2D eigenvalue weighted by atomic mass is 9.74. The van der Waals surface area contributed by atoms with Gasteiger partial charge < -0.3 is 9.53 Å². The molecule has 0 unspecified atom stereocenters. The summed E-state index contributed by atoms with van der Waals surface area (Å²) in [7, 11) is -1.80. The van der Waals surface area contributed by atoms with E-state index in [1.807, 2.05) is 6.92 Å². The summed E-state index contributed by atoms with van der Waals surface area (Å²) in [4.78, 5) is 3.25. The molecule has 1 rings (SSSR count). The molecule has 1 saturated carbocycles. The number of nitrogens with zero attached hydrogens (tertiary/aromatic N) is 1. The highest BCUT2D eigenvalue weighted by Crippen LogP contribution is 2.49. The van der Waals surface area contributed by atoms with Gasteiger partial charge in [0, 0.05) is 0 Å². The van der Waals surface area contributed by atoms with E-state index in [0.29, 0.717) is 12.8 Å². The topological polar surface area (TPSA) is 33.8 Å². The minimum absolute atomic E-state index is 0.168. The second-order valence-electron chi connectivity index (χ2n) is 6.76. The van der Waals surface area contributed by atoms with Crippen LogP contribution in [0, 0.1) is 6.57 Å². The molecule has 0 aromatic rings. The number of hydrogen-bond acceptors (Lipinski definition) is 2. The zero-order chi connectivity index (χ0) is 12.8. The third-order valence-electron chi connectivity index (χ3n) is 3.83. The SMILES string of the molecule is [C-]#[N+]C1(O)CC(C)(O[Si](C)(C)C(C)(C)C)C1. The Kier molecular flexibility index (Phi) is 3.05. The van der Waals surface area contributed by atoms with E-state index >= 15 is 0 Å². The fraction of sp³-hybridized carbons (Fsp3) is 0.917. The molecule has 1 aliphatic carbocycles.